The summed E-state index contributed by atoms with van der Waals surface area (Å²) in [5.74, 6) is 2.39. The minimum atomic E-state index is 0.218. The summed E-state index contributed by atoms with van der Waals surface area (Å²) in [6, 6.07) is 2.09. The number of ether oxygens (including phenoxy) is 1. The number of nitrogens with zero attached hydrogens (tertiary/aromatic N) is 2. The van der Waals surface area contributed by atoms with Crippen LogP contribution in [0.5, 0.6) is 6.01 Å². The quantitative estimate of drug-likeness (QED) is 0.894. The van der Waals surface area contributed by atoms with Gasteiger partial charge in [-0.3, -0.25) is 0 Å². The molecule has 1 aromatic heterocycles. The fraction of sp³-hybridized carbons (Fsp3) is 0.714. The maximum atomic E-state index is 5.98. The zero-order valence-corrected chi connectivity index (χ0v) is 11.5. The molecule has 0 amide bonds. The van der Waals surface area contributed by atoms with Gasteiger partial charge < -0.3 is 10.5 Å². The van der Waals surface area contributed by atoms with Crippen LogP contribution in [-0.2, 0) is 0 Å². The molecule has 1 fully saturated rings. The van der Waals surface area contributed by atoms with Gasteiger partial charge in [0.05, 0.1) is 0 Å². The highest BCUT2D eigenvalue weighted by Gasteiger charge is 2.32. The van der Waals surface area contributed by atoms with Crippen molar-refractivity contribution in [2.24, 2.45) is 17.8 Å². The van der Waals surface area contributed by atoms with E-state index in [1.165, 1.54) is 12.8 Å². The Morgan fingerprint density at radius 2 is 2.17 bits per heavy atom. The monoisotopic (exact) mass is 249 g/mol. The molecule has 1 aliphatic carbocycles. The van der Waals surface area contributed by atoms with E-state index in [0.29, 0.717) is 29.6 Å². The summed E-state index contributed by atoms with van der Waals surface area (Å²) in [4.78, 5) is 8.27. The van der Waals surface area contributed by atoms with Gasteiger partial charge in [-0.15, -0.1) is 0 Å². The molecule has 0 radical (unpaired) electrons. The van der Waals surface area contributed by atoms with Crippen molar-refractivity contribution in [3.05, 3.63) is 12.3 Å². The van der Waals surface area contributed by atoms with Crippen LogP contribution in [0, 0.1) is 17.8 Å². The van der Waals surface area contributed by atoms with Crippen LogP contribution in [0.1, 0.15) is 40.0 Å². The number of aromatic nitrogens is 2. The first-order valence-electron chi connectivity index (χ1n) is 6.81. The summed E-state index contributed by atoms with van der Waals surface area (Å²) < 4.78 is 5.98. The van der Waals surface area contributed by atoms with Crippen LogP contribution in [0.25, 0.3) is 0 Å². The molecule has 1 saturated carbocycles. The molecule has 4 nitrogen and oxygen atoms in total. The minimum Gasteiger partial charge on any atom is -0.460 e. The summed E-state index contributed by atoms with van der Waals surface area (Å²) in [5.41, 5.74) is 5.65. The van der Waals surface area contributed by atoms with Crippen LogP contribution in [0.2, 0.25) is 0 Å². The van der Waals surface area contributed by atoms with E-state index in [-0.39, 0.29) is 6.10 Å². The lowest BCUT2D eigenvalue weighted by Gasteiger charge is -2.36. The van der Waals surface area contributed by atoms with Gasteiger partial charge in [-0.05, 0) is 36.7 Å². The summed E-state index contributed by atoms with van der Waals surface area (Å²) in [6.07, 6.45) is 5.47. The van der Waals surface area contributed by atoms with E-state index in [1.54, 1.807) is 12.3 Å². The topological polar surface area (TPSA) is 61.0 Å². The molecular formula is C14H23N3O. The average molecular weight is 249 g/mol. The SMILES string of the molecule is CC1CCC(C(C)C)C(Oc2nccc(N)n2)C1. The number of nitrogens with two attached hydrogens (primary N) is 1. The fourth-order valence-electron chi connectivity index (χ4n) is 2.80. The summed E-state index contributed by atoms with van der Waals surface area (Å²) >= 11 is 0. The van der Waals surface area contributed by atoms with Crippen molar-refractivity contribution in [3.63, 3.8) is 0 Å². The Morgan fingerprint density at radius 1 is 1.39 bits per heavy atom. The molecule has 18 heavy (non-hydrogen) atoms. The lowest BCUT2D eigenvalue weighted by atomic mass is 9.75. The lowest BCUT2D eigenvalue weighted by molar-refractivity contribution is 0.0391. The number of rotatable bonds is 3. The Kier molecular flexibility index (Phi) is 4.04. The van der Waals surface area contributed by atoms with Gasteiger partial charge in [0.1, 0.15) is 11.9 Å². The smallest absolute Gasteiger partial charge is 0.318 e. The number of hydrogen-bond acceptors (Lipinski definition) is 4. The second-order valence-electron chi connectivity index (χ2n) is 5.75. The third-order valence-corrected chi connectivity index (χ3v) is 3.87. The second-order valence-corrected chi connectivity index (χ2v) is 5.75. The maximum absolute atomic E-state index is 5.98. The molecule has 0 spiro atoms. The lowest BCUT2D eigenvalue weighted by Crippen LogP contribution is -2.36. The van der Waals surface area contributed by atoms with Gasteiger partial charge in [-0.2, -0.15) is 4.98 Å². The molecule has 1 heterocycles. The van der Waals surface area contributed by atoms with E-state index in [0.717, 1.165) is 6.42 Å². The third-order valence-electron chi connectivity index (χ3n) is 3.87. The molecular weight excluding hydrogens is 226 g/mol. The Hall–Kier alpha value is -1.32. The van der Waals surface area contributed by atoms with Gasteiger partial charge >= 0.3 is 6.01 Å². The Bertz CT molecular complexity index is 394. The zero-order chi connectivity index (χ0) is 13.1. The van der Waals surface area contributed by atoms with Crippen LogP contribution in [0.4, 0.5) is 5.82 Å². The zero-order valence-electron chi connectivity index (χ0n) is 11.5. The predicted molar refractivity (Wildman–Crippen MR) is 72.2 cm³/mol. The standard InChI is InChI=1S/C14H23N3O/c1-9(2)11-5-4-10(3)8-12(11)18-14-16-7-6-13(15)17-14/h6-7,9-12H,4-5,8H2,1-3H3,(H2,15,16,17). The van der Waals surface area contributed by atoms with Crippen molar-refractivity contribution < 1.29 is 4.74 Å². The van der Waals surface area contributed by atoms with Gasteiger partial charge in [-0.1, -0.05) is 27.2 Å². The van der Waals surface area contributed by atoms with Crippen molar-refractivity contribution in [2.45, 2.75) is 46.1 Å². The molecule has 1 aromatic rings. The fourth-order valence-corrected chi connectivity index (χ4v) is 2.80. The van der Waals surface area contributed by atoms with Crippen molar-refractivity contribution in [2.75, 3.05) is 5.73 Å². The molecule has 100 valence electrons. The molecule has 0 aromatic carbocycles. The Labute approximate surface area is 109 Å². The average Bonchev–Trinajstić information content (AvgIpc) is 2.28. The summed E-state index contributed by atoms with van der Waals surface area (Å²) in [7, 11) is 0. The molecule has 1 aliphatic rings. The minimum absolute atomic E-state index is 0.218. The number of anilines is 1. The first-order chi connectivity index (χ1) is 8.56. The van der Waals surface area contributed by atoms with Crippen LogP contribution in [-0.4, -0.2) is 16.1 Å². The van der Waals surface area contributed by atoms with Gasteiger partial charge in [0.15, 0.2) is 0 Å². The van der Waals surface area contributed by atoms with Crippen molar-refractivity contribution in [1.29, 1.82) is 0 Å². The summed E-state index contributed by atoms with van der Waals surface area (Å²) in [5, 5.41) is 0. The largest absolute Gasteiger partial charge is 0.460 e. The number of hydrogen-bond donors (Lipinski definition) is 1. The Morgan fingerprint density at radius 3 is 2.83 bits per heavy atom. The highest BCUT2D eigenvalue weighted by Crippen LogP contribution is 2.35. The van der Waals surface area contributed by atoms with Crippen LogP contribution in [0.15, 0.2) is 12.3 Å². The molecule has 0 aliphatic heterocycles. The van der Waals surface area contributed by atoms with Gasteiger partial charge in [0.25, 0.3) is 0 Å². The van der Waals surface area contributed by atoms with E-state index in [2.05, 4.69) is 30.7 Å². The van der Waals surface area contributed by atoms with Crippen molar-refractivity contribution in [3.8, 4) is 6.01 Å². The van der Waals surface area contributed by atoms with E-state index in [9.17, 15) is 0 Å². The number of nitrogen functional groups attached to an aromatic ring is 1. The van der Waals surface area contributed by atoms with Crippen LogP contribution >= 0.6 is 0 Å². The highest BCUT2D eigenvalue weighted by atomic mass is 16.5. The van der Waals surface area contributed by atoms with E-state index in [1.807, 2.05) is 0 Å². The molecule has 0 bridgehead atoms. The summed E-state index contributed by atoms with van der Waals surface area (Å²) in [6.45, 7) is 6.81. The van der Waals surface area contributed by atoms with E-state index >= 15 is 0 Å². The van der Waals surface area contributed by atoms with E-state index in [4.69, 9.17) is 10.5 Å². The van der Waals surface area contributed by atoms with Gasteiger partial charge in [0, 0.05) is 6.20 Å². The Balaban J connectivity index is 2.08. The molecule has 0 saturated heterocycles. The second kappa shape index (κ2) is 5.55. The first-order valence-corrected chi connectivity index (χ1v) is 6.81. The van der Waals surface area contributed by atoms with Crippen molar-refractivity contribution in [1.82, 2.24) is 9.97 Å². The third kappa shape index (κ3) is 3.12. The molecule has 2 N–H and O–H groups in total. The van der Waals surface area contributed by atoms with Gasteiger partial charge in [0.2, 0.25) is 0 Å². The van der Waals surface area contributed by atoms with E-state index < -0.39 is 0 Å². The highest BCUT2D eigenvalue weighted by molar-refractivity contribution is 5.26. The molecule has 3 atom stereocenters. The van der Waals surface area contributed by atoms with Gasteiger partial charge in [-0.25, -0.2) is 4.98 Å². The maximum Gasteiger partial charge on any atom is 0.318 e. The van der Waals surface area contributed by atoms with Crippen LogP contribution in [0.3, 0.4) is 0 Å². The normalized spacial score (nSPS) is 28.3. The first kappa shape index (κ1) is 13.1. The molecule has 3 unspecified atom stereocenters. The van der Waals surface area contributed by atoms with Crippen LogP contribution < -0.4 is 10.5 Å². The molecule has 2 rings (SSSR count). The van der Waals surface area contributed by atoms with Crippen molar-refractivity contribution >= 4 is 5.82 Å². The molecule has 4 heteroatoms. The predicted octanol–water partition coefficient (Wildman–Crippen LogP) is 2.90.